The van der Waals surface area contributed by atoms with Crippen molar-refractivity contribution in [2.24, 2.45) is 28.1 Å². The first kappa shape index (κ1) is 46.0. The summed E-state index contributed by atoms with van der Waals surface area (Å²) in [5, 5.41) is 0. The molecule has 0 bridgehead atoms. The summed E-state index contributed by atoms with van der Waals surface area (Å²) in [4.78, 5) is 7.74. The molecule has 0 aliphatic carbocycles. The summed E-state index contributed by atoms with van der Waals surface area (Å²) >= 11 is 0. The number of piperidine rings is 1. The van der Waals surface area contributed by atoms with E-state index < -0.39 is 0 Å². The Morgan fingerprint density at radius 2 is 1.02 bits per heavy atom. The molecule has 0 aromatic carbocycles. The SMILES string of the molecule is C.C.C.CC(C)(C)C1CCN(C(C)(C)C)C1.CC(C)N1CC=C(C(C)(C)C)CC1.CC(C)N1CCC(C(C)(C)C)CC1. The highest BCUT2D eigenvalue weighted by Crippen LogP contribution is 2.36. The van der Waals surface area contributed by atoms with Gasteiger partial charge >= 0.3 is 0 Å². The average molecular weight is 596 g/mol. The van der Waals surface area contributed by atoms with Crippen molar-refractivity contribution >= 4 is 0 Å². The first-order valence-corrected chi connectivity index (χ1v) is 16.5. The van der Waals surface area contributed by atoms with Crippen molar-refractivity contribution in [3.8, 4) is 0 Å². The summed E-state index contributed by atoms with van der Waals surface area (Å²) in [6.45, 7) is 44.8. The molecule has 0 amide bonds. The maximum Gasteiger partial charge on any atom is 0.0168 e. The summed E-state index contributed by atoms with van der Waals surface area (Å²) in [7, 11) is 0. The minimum atomic E-state index is 0. The smallest absolute Gasteiger partial charge is 0.0168 e. The Hall–Kier alpha value is -0.380. The predicted molar refractivity (Wildman–Crippen MR) is 197 cm³/mol. The van der Waals surface area contributed by atoms with Gasteiger partial charge in [0.15, 0.2) is 0 Å². The van der Waals surface area contributed by atoms with Crippen LogP contribution < -0.4 is 0 Å². The minimum absolute atomic E-state index is 0. The van der Waals surface area contributed by atoms with Crippen LogP contribution in [0, 0.1) is 28.1 Å². The van der Waals surface area contributed by atoms with Gasteiger partial charge in [0.2, 0.25) is 0 Å². The number of hydrogen-bond acceptors (Lipinski definition) is 3. The van der Waals surface area contributed by atoms with Gasteiger partial charge in [0.05, 0.1) is 0 Å². The fraction of sp³-hybridized carbons (Fsp3) is 0.949. The zero-order chi connectivity index (χ0) is 30.4. The molecule has 0 spiro atoms. The third kappa shape index (κ3) is 16.1. The molecule has 42 heavy (non-hydrogen) atoms. The van der Waals surface area contributed by atoms with Crippen LogP contribution in [0.15, 0.2) is 11.6 Å². The van der Waals surface area contributed by atoms with Crippen LogP contribution in [0.1, 0.15) is 159 Å². The normalized spacial score (nSPS) is 21.7. The zero-order valence-electron chi connectivity index (χ0n) is 29.8. The summed E-state index contributed by atoms with van der Waals surface area (Å²) in [6.07, 6.45) is 7.83. The molecule has 0 saturated carbocycles. The summed E-state index contributed by atoms with van der Waals surface area (Å²) in [6, 6.07) is 1.43. The van der Waals surface area contributed by atoms with E-state index in [-0.39, 0.29) is 22.3 Å². The summed E-state index contributed by atoms with van der Waals surface area (Å²) in [5.41, 5.74) is 3.37. The third-order valence-electron chi connectivity index (χ3n) is 9.78. The van der Waals surface area contributed by atoms with E-state index >= 15 is 0 Å². The van der Waals surface area contributed by atoms with Crippen molar-refractivity contribution in [3.05, 3.63) is 11.6 Å². The van der Waals surface area contributed by atoms with Crippen LogP contribution in [0.2, 0.25) is 0 Å². The van der Waals surface area contributed by atoms with E-state index in [0.29, 0.717) is 27.8 Å². The van der Waals surface area contributed by atoms with Crippen molar-refractivity contribution in [2.45, 2.75) is 176 Å². The number of hydrogen-bond donors (Lipinski definition) is 0. The predicted octanol–water partition coefficient (Wildman–Crippen LogP) is 11.3. The molecule has 3 aliphatic rings. The van der Waals surface area contributed by atoms with Crippen molar-refractivity contribution in [1.82, 2.24) is 14.7 Å². The maximum absolute atomic E-state index is 2.61. The number of nitrogens with zero attached hydrogens (tertiary/aromatic N) is 3. The van der Waals surface area contributed by atoms with Gasteiger partial charge in [-0.05, 0) is 122 Å². The van der Waals surface area contributed by atoms with E-state index in [2.05, 4.69) is 132 Å². The van der Waals surface area contributed by atoms with Gasteiger partial charge in [-0.25, -0.2) is 0 Å². The summed E-state index contributed by atoms with van der Waals surface area (Å²) < 4.78 is 0. The quantitative estimate of drug-likeness (QED) is 0.294. The van der Waals surface area contributed by atoms with Gasteiger partial charge < -0.3 is 4.90 Å². The average Bonchev–Trinajstić information content (AvgIpc) is 3.31. The van der Waals surface area contributed by atoms with E-state index in [1.54, 1.807) is 5.57 Å². The molecule has 3 nitrogen and oxygen atoms in total. The third-order valence-corrected chi connectivity index (χ3v) is 9.78. The standard InChI is InChI=1S/2C12H25N.C12H23N.3CH4/c1-11(2,3)10-7-8-13(9-10)12(4,5)6;2*1-10(2)13-8-6-11(7-9-13)12(3,4)5;;;/h10H,7-9H2,1-6H3;10-11H,6-9H2,1-5H3;6,10H,7-9H2,1-5H3;3*1H4. The highest BCUT2D eigenvalue weighted by atomic mass is 15.2. The van der Waals surface area contributed by atoms with Crippen molar-refractivity contribution in [1.29, 1.82) is 0 Å². The van der Waals surface area contributed by atoms with E-state index in [0.717, 1.165) is 24.4 Å². The molecular weight excluding hydrogens is 510 g/mol. The fourth-order valence-corrected chi connectivity index (χ4v) is 6.19. The lowest BCUT2D eigenvalue weighted by molar-refractivity contribution is 0.0930. The van der Waals surface area contributed by atoms with E-state index in [1.807, 2.05) is 0 Å². The van der Waals surface area contributed by atoms with Crippen molar-refractivity contribution in [2.75, 3.05) is 39.3 Å². The highest BCUT2D eigenvalue weighted by Gasteiger charge is 2.35. The van der Waals surface area contributed by atoms with Crippen LogP contribution in [0.5, 0.6) is 0 Å². The second-order valence-electron chi connectivity index (χ2n) is 17.6. The Morgan fingerprint density at radius 1 is 0.595 bits per heavy atom. The largest absolute Gasteiger partial charge is 0.301 e. The molecule has 3 rings (SSSR count). The van der Waals surface area contributed by atoms with E-state index in [4.69, 9.17) is 0 Å². The molecule has 1 atom stereocenters. The summed E-state index contributed by atoms with van der Waals surface area (Å²) in [5.74, 6) is 1.81. The van der Waals surface area contributed by atoms with Gasteiger partial charge in [0.25, 0.3) is 0 Å². The van der Waals surface area contributed by atoms with Gasteiger partial charge in [-0.1, -0.05) is 96.2 Å². The molecule has 0 radical (unpaired) electrons. The molecule has 1 unspecified atom stereocenters. The Morgan fingerprint density at radius 3 is 1.29 bits per heavy atom. The van der Waals surface area contributed by atoms with E-state index in [9.17, 15) is 0 Å². The maximum atomic E-state index is 2.61. The van der Waals surface area contributed by atoms with Crippen LogP contribution in [0.4, 0.5) is 0 Å². The lowest BCUT2D eigenvalue weighted by atomic mass is 9.75. The van der Waals surface area contributed by atoms with Gasteiger partial charge in [0, 0.05) is 37.3 Å². The molecule has 2 fully saturated rings. The van der Waals surface area contributed by atoms with Gasteiger partial charge in [-0.2, -0.15) is 0 Å². The van der Waals surface area contributed by atoms with Crippen LogP contribution >= 0.6 is 0 Å². The molecule has 3 aliphatic heterocycles. The van der Waals surface area contributed by atoms with Crippen molar-refractivity contribution in [3.63, 3.8) is 0 Å². The zero-order valence-corrected chi connectivity index (χ0v) is 29.8. The topological polar surface area (TPSA) is 9.72 Å². The minimum Gasteiger partial charge on any atom is -0.301 e. The van der Waals surface area contributed by atoms with Gasteiger partial charge in [0.1, 0.15) is 0 Å². The molecule has 2 saturated heterocycles. The molecule has 0 aromatic heterocycles. The first-order valence-electron chi connectivity index (χ1n) is 16.5. The number of likely N-dealkylation sites (tertiary alicyclic amines) is 2. The van der Waals surface area contributed by atoms with Gasteiger partial charge in [-0.3, -0.25) is 9.80 Å². The molecule has 3 heterocycles. The first-order chi connectivity index (χ1) is 17.5. The second-order valence-corrected chi connectivity index (χ2v) is 17.6. The lowest BCUT2D eigenvalue weighted by Crippen LogP contribution is -2.41. The molecule has 0 aromatic rings. The molecule has 0 N–H and O–H groups in total. The van der Waals surface area contributed by atoms with Gasteiger partial charge in [-0.15, -0.1) is 0 Å². The Labute approximate surface area is 269 Å². The van der Waals surface area contributed by atoms with Crippen LogP contribution in [0.3, 0.4) is 0 Å². The van der Waals surface area contributed by atoms with Crippen LogP contribution in [-0.2, 0) is 0 Å². The Kier molecular flexibility index (Phi) is 20.3. The Balaban J connectivity index is -0.000000524. The van der Waals surface area contributed by atoms with Crippen LogP contribution in [-0.4, -0.2) is 71.6 Å². The molecular formula is C39H85N3. The molecule has 3 heteroatoms. The highest BCUT2D eigenvalue weighted by molar-refractivity contribution is 5.14. The number of rotatable bonds is 2. The second kappa shape index (κ2) is 18.6. The lowest BCUT2D eigenvalue weighted by Gasteiger charge is -2.40. The van der Waals surface area contributed by atoms with Crippen LogP contribution in [0.25, 0.3) is 0 Å². The molecule has 256 valence electrons. The Bertz CT molecular complexity index is 693. The van der Waals surface area contributed by atoms with E-state index in [1.165, 1.54) is 58.4 Å². The monoisotopic (exact) mass is 596 g/mol. The fourth-order valence-electron chi connectivity index (χ4n) is 6.19. The van der Waals surface area contributed by atoms with Crippen molar-refractivity contribution < 1.29 is 0 Å².